The molecular formula is C16H26ClN2O2S-. The van der Waals surface area contributed by atoms with E-state index in [1.807, 2.05) is 32.9 Å². The highest BCUT2D eigenvalue weighted by atomic mass is 35.5. The average Bonchev–Trinajstić information content (AvgIpc) is 2.82. The maximum absolute atomic E-state index is 12.6. The molecule has 1 aliphatic rings. The van der Waals surface area contributed by atoms with Crippen LogP contribution in [-0.2, 0) is 10.0 Å². The van der Waals surface area contributed by atoms with E-state index < -0.39 is 10.0 Å². The highest BCUT2D eigenvalue weighted by molar-refractivity contribution is 7.89. The third kappa shape index (κ3) is 4.22. The molecule has 1 saturated heterocycles. The number of aryl methyl sites for hydroxylation is 3. The molecule has 1 aromatic carbocycles. The Bertz CT molecular complexity index is 594. The first-order chi connectivity index (χ1) is 9.85. The fraction of sp³-hybridized carbons (Fsp3) is 0.625. The summed E-state index contributed by atoms with van der Waals surface area (Å²) in [6.07, 6.45) is 2.23. The van der Waals surface area contributed by atoms with E-state index in [0.717, 1.165) is 42.6 Å². The van der Waals surface area contributed by atoms with Gasteiger partial charge in [0.2, 0.25) is 10.0 Å². The molecule has 0 radical (unpaired) electrons. The molecule has 0 amide bonds. The van der Waals surface area contributed by atoms with Gasteiger partial charge in [0, 0.05) is 12.6 Å². The molecule has 1 aromatic rings. The van der Waals surface area contributed by atoms with Gasteiger partial charge >= 0.3 is 0 Å². The van der Waals surface area contributed by atoms with Gasteiger partial charge in [-0.05, 0) is 57.8 Å². The van der Waals surface area contributed by atoms with Crippen molar-refractivity contribution in [2.24, 2.45) is 0 Å². The second-order valence-corrected chi connectivity index (χ2v) is 7.71. The minimum atomic E-state index is -3.43. The van der Waals surface area contributed by atoms with Crippen LogP contribution in [-0.4, -0.2) is 39.0 Å². The van der Waals surface area contributed by atoms with Gasteiger partial charge in [0.1, 0.15) is 0 Å². The van der Waals surface area contributed by atoms with Crippen molar-refractivity contribution in [1.82, 2.24) is 9.62 Å². The molecule has 1 N–H and O–H groups in total. The minimum absolute atomic E-state index is 0. The van der Waals surface area contributed by atoms with E-state index in [1.54, 1.807) is 0 Å². The number of halogens is 1. The summed E-state index contributed by atoms with van der Waals surface area (Å²) in [6, 6.07) is 4.18. The largest absolute Gasteiger partial charge is 1.00 e. The Morgan fingerprint density at radius 1 is 1.23 bits per heavy atom. The summed E-state index contributed by atoms with van der Waals surface area (Å²) in [7, 11) is -3.43. The quantitative estimate of drug-likeness (QED) is 0.773. The van der Waals surface area contributed by atoms with Crippen LogP contribution in [0.3, 0.4) is 0 Å². The third-order valence-corrected chi connectivity index (χ3v) is 6.02. The van der Waals surface area contributed by atoms with Crippen LogP contribution < -0.4 is 17.1 Å². The molecular weight excluding hydrogens is 320 g/mol. The first-order valence-electron chi connectivity index (χ1n) is 7.66. The number of sulfonamides is 1. The lowest BCUT2D eigenvalue weighted by molar-refractivity contribution is -0.00000731. The first-order valence-corrected chi connectivity index (χ1v) is 9.15. The summed E-state index contributed by atoms with van der Waals surface area (Å²) in [5.74, 6) is 0. The lowest BCUT2D eigenvalue weighted by Gasteiger charge is -2.23. The zero-order chi connectivity index (χ0) is 15.6. The molecule has 1 unspecified atom stereocenters. The molecule has 0 bridgehead atoms. The normalized spacial score (nSPS) is 19.2. The average molecular weight is 346 g/mol. The number of likely N-dealkylation sites (tertiary alicyclic amines) is 1. The van der Waals surface area contributed by atoms with Crippen LogP contribution in [0.15, 0.2) is 17.0 Å². The summed E-state index contributed by atoms with van der Waals surface area (Å²) >= 11 is 0. The van der Waals surface area contributed by atoms with Crippen molar-refractivity contribution in [1.29, 1.82) is 0 Å². The molecule has 1 aliphatic heterocycles. The SMILES string of the molecule is CCN1CCCC1CNS(=O)(=O)c1c(C)cc(C)cc1C.[Cl-]. The Kier molecular flexibility index (Phi) is 6.86. The number of hydrogen-bond acceptors (Lipinski definition) is 3. The van der Waals surface area contributed by atoms with E-state index in [0.29, 0.717) is 17.5 Å². The molecule has 6 heteroatoms. The molecule has 0 aliphatic carbocycles. The summed E-state index contributed by atoms with van der Waals surface area (Å²) in [5.41, 5.74) is 2.73. The van der Waals surface area contributed by atoms with Gasteiger partial charge in [-0.1, -0.05) is 24.6 Å². The van der Waals surface area contributed by atoms with Gasteiger partial charge < -0.3 is 12.4 Å². The lowest BCUT2D eigenvalue weighted by atomic mass is 10.1. The van der Waals surface area contributed by atoms with Crippen molar-refractivity contribution in [3.05, 3.63) is 28.8 Å². The molecule has 126 valence electrons. The predicted octanol–water partition coefficient (Wildman–Crippen LogP) is -0.622. The van der Waals surface area contributed by atoms with E-state index in [9.17, 15) is 8.42 Å². The van der Waals surface area contributed by atoms with Crippen LogP contribution >= 0.6 is 0 Å². The smallest absolute Gasteiger partial charge is 0.241 e. The first kappa shape index (κ1) is 19.4. The summed E-state index contributed by atoms with van der Waals surface area (Å²) in [5, 5.41) is 0. The van der Waals surface area contributed by atoms with Gasteiger partial charge in [-0.15, -0.1) is 0 Å². The summed E-state index contributed by atoms with van der Waals surface area (Å²) < 4.78 is 28.0. The number of hydrogen-bond donors (Lipinski definition) is 1. The summed E-state index contributed by atoms with van der Waals surface area (Å²) in [4.78, 5) is 2.78. The molecule has 0 aromatic heterocycles. The standard InChI is InChI=1S/C16H26N2O2S.ClH/c1-5-18-8-6-7-15(18)11-17-21(19,20)16-13(3)9-12(2)10-14(16)4;/h9-10,15,17H,5-8,11H2,1-4H3;1H/p-1. The van der Waals surface area contributed by atoms with Gasteiger partial charge in [-0.3, -0.25) is 4.90 Å². The number of nitrogens with one attached hydrogen (secondary N) is 1. The maximum atomic E-state index is 12.6. The Hall–Kier alpha value is -0.620. The molecule has 1 fully saturated rings. The minimum Gasteiger partial charge on any atom is -1.00 e. The Morgan fingerprint density at radius 2 is 1.82 bits per heavy atom. The van der Waals surface area contributed by atoms with Crippen LogP contribution in [0, 0.1) is 20.8 Å². The molecule has 22 heavy (non-hydrogen) atoms. The third-order valence-electron chi connectivity index (χ3n) is 4.29. The Morgan fingerprint density at radius 3 is 2.36 bits per heavy atom. The monoisotopic (exact) mass is 345 g/mol. The van der Waals surface area contributed by atoms with E-state index in [4.69, 9.17) is 0 Å². The Balaban J connectivity index is 0.00000242. The maximum Gasteiger partial charge on any atom is 0.241 e. The van der Waals surface area contributed by atoms with Crippen molar-refractivity contribution in [3.8, 4) is 0 Å². The van der Waals surface area contributed by atoms with Gasteiger partial charge in [-0.25, -0.2) is 13.1 Å². The van der Waals surface area contributed by atoms with E-state index in [-0.39, 0.29) is 12.4 Å². The zero-order valence-corrected chi connectivity index (χ0v) is 15.4. The van der Waals surface area contributed by atoms with Crippen LogP contribution in [0.1, 0.15) is 36.5 Å². The number of rotatable bonds is 5. The second kappa shape index (κ2) is 7.77. The molecule has 2 rings (SSSR count). The van der Waals surface area contributed by atoms with Gasteiger partial charge in [0.05, 0.1) is 4.90 Å². The van der Waals surface area contributed by atoms with Gasteiger partial charge in [0.25, 0.3) is 0 Å². The van der Waals surface area contributed by atoms with Gasteiger partial charge in [-0.2, -0.15) is 0 Å². The zero-order valence-electron chi connectivity index (χ0n) is 13.8. The number of likely N-dealkylation sites (N-methyl/N-ethyl adjacent to an activating group) is 1. The van der Waals surface area contributed by atoms with Crippen molar-refractivity contribution in [3.63, 3.8) is 0 Å². The number of benzene rings is 1. The fourth-order valence-electron chi connectivity index (χ4n) is 3.41. The summed E-state index contributed by atoms with van der Waals surface area (Å²) in [6.45, 7) is 10.4. The highest BCUT2D eigenvalue weighted by Crippen LogP contribution is 2.22. The Labute approximate surface area is 140 Å². The molecule has 0 spiro atoms. The van der Waals surface area contributed by atoms with Crippen LogP contribution in [0.4, 0.5) is 0 Å². The van der Waals surface area contributed by atoms with E-state index in [2.05, 4.69) is 16.5 Å². The van der Waals surface area contributed by atoms with Gasteiger partial charge in [0.15, 0.2) is 0 Å². The van der Waals surface area contributed by atoms with Crippen molar-refractivity contribution < 1.29 is 20.8 Å². The topological polar surface area (TPSA) is 49.4 Å². The van der Waals surface area contributed by atoms with Crippen molar-refractivity contribution in [2.45, 2.75) is 51.5 Å². The van der Waals surface area contributed by atoms with Crippen LogP contribution in [0.2, 0.25) is 0 Å². The highest BCUT2D eigenvalue weighted by Gasteiger charge is 2.26. The molecule has 4 nitrogen and oxygen atoms in total. The van der Waals surface area contributed by atoms with Crippen molar-refractivity contribution in [2.75, 3.05) is 19.6 Å². The molecule has 0 saturated carbocycles. The lowest BCUT2D eigenvalue weighted by Crippen LogP contribution is -3.00. The molecule has 1 heterocycles. The second-order valence-electron chi connectivity index (χ2n) is 6.00. The van der Waals surface area contributed by atoms with Crippen LogP contribution in [0.5, 0.6) is 0 Å². The fourth-order valence-corrected chi connectivity index (χ4v) is 4.93. The molecule has 1 atom stereocenters. The van der Waals surface area contributed by atoms with Crippen molar-refractivity contribution >= 4 is 10.0 Å². The predicted molar refractivity (Wildman–Crippen MR) is 86.1 cm³/mol. The van der Waals surface area contributed by atoms with Crippen LogP contribution in [0.25, 0.3) is 0 Å². The van der Waals surface area contributed by atoms with E-state index in [1.165, 1.54) is 0 Å². The number of nitrogens with zero attached hydrogens (tertiary/aromatic N) is 1. The van der Waals surface area contributed by atoms with E-state index >= 15 is 0 Å².